The van der Waals surface area contributed by atoms with Crippen LogP contribution >= 0.6 is 0 Å². The Labute approximate surface area is 311 Å². The Bertz CT molecular complexity index is 1860. The van der Waals surface area contributed by atoms with Crippen LogP contribution in [0.3, 0.4) is 0 Å². The van der Waals surface area contributed by atoms with E-state index in [1.54, 1.807) is 45.9 Å². The molecule has 0 aromatic heterocycles. The number of nitrogens with one attached hydrogen (secondary N) is 3. The van der Waals surface area contributed by atoms with Gasteiger partial charge in [0.15, 0.2) is 0 Å². The second-order valence-electron chi connectivity index (χ2n) is 15.9. The van der Waals surface area contributed by atoms with E-state index < -0.39 is 42.4 Å². The van der Waals surface area contributed by atoms with E-state index >= 15 is 13.2 Å². The summed E-state index contributed by atoms with van der Waals surface area (Å²) in [5, 5.41) is 11.2. The smallest absolute Gasteiger partial charge is 0.410 e. The molecule has 3 saturated heterocycles. The van der Waals surface area contributed by atoms with Crippen LogP contribution in [0.15, 0.2) is 54.6 Å². The molecule has 8 nitrogen and oxygen atoms in total. The number of ether oxygens (including phenoxy) is 1. The molecule has 0 aliphatic carbocycles. The van der Waals surface area contributed by atoms with Crippen molar-refractivity contribution in [3.63, 3.8) is 0 Å². The Kier molecular flexibility index (Phi) is 11.6. The van der Waals surface area contributed by atoms with Gasteiger partial charge in [0.2, 0.25) is 0 Å². The number of hydrogen-bond acceptors (Lipinski definition) is 6. The highest BCUT2D eigenvalue weighted by atomic mass is 19.3. The fraction of sp³-hybridized carbons (Fsp3) is 0.524. The van der Waals surface area contributed by atoms with Gasteiger partial charge in [-0.05, 0) is 120 Å². The molecule has 3 aliphatic rings. The maximum atomic E-state index is 15.3. The van der Waals surface area contributed by atoms with Crippen LogP contribution < -0.4 is 16.0 Å². The molecule has 4 atom stereocenters. The van der Waals surface area contributed by atoms with E-state index in [9.17, 15) is 9.59 Å². The van der Waals surface area contributed by atoms with E-state index in [0.717, 1.165) is 65.8 Å². The van der Waals surface area contributed by atoms with Crippen LogP contribution in [0.1, 0.15) is 80.0 Å². The Morgan fingerprint density at radius 3 is 2.49 bits per heavy atom. The lowest BCUT2D eigenvalue weighted by atomic mass is 9.91. The van der Waals surface area contributed by atoms with Gasteiger partial charge in [0, 0.05) is 29.9 Å². The topological polar surface area (TPSA) is 85.9 Å². The number of benzene rings is 3. The van der Waals surface area contributed by atoms with E-state index in [1.165, 1.54) is 0 Å². The third kappa shape index (κ3) is 9.46. The number of hydrogen-bond donors (Lipinski definition) is 3. The number of halogens is 3. The van der Waals surface area contributed by atoms with Crippen LogP contribution in [-0.4, -0.2) is 91.4 Å². The van der Waals surface area contributed by atoms with Crippen molar-refractivity contribution in [2.45, 2.75) is 83.7 Å². The minimum Gasteiger partial charge on any atom is -0.444 e. The molecule has 0 saturated carbocycles. The van der Waals surface area contributed by atoms with Crippen LogP contribution in [0.4, 0.5) is 23.7 Å². The molecule has 6 rings (SSSR count). The van der Waals surface area contributed by atoms with Gasteiger partial charge in [-0.15, -0.1) is 0 Å². The van der Waals surface area contributed by atoms with E-state index in [0.29, 0.717) is 35.7 Å². The molecule has 3 heterocycles. The predicted octanol–water partition coefficient (Wildman–Crippen LogP) is 7.32. The van der Waals surface area contributed by atoms with Crippen LogP contribution in [0.25, 0.3) is 10.8 Å². The third-order valence-electron chi connectivity index (χ3n) is 10.6. The SMILES string of the molecule is Cc1ccc(N[C@@H]2CN(C(=O)OC(C)(C)C)CC2(F)F)cc1C(=O)N[C@H](C)c1ccc(C#C[C@@H]2CCN(CC3CCNCC3)C[C@@H]2F)c2ccccc12. The minimum atomic E-state index is -3.20. The Morgan fingerprint density at radius 1 is 1.04 bits per heavy atom. The summed E-state index contributed by atoms with van der Waals surface area (Å²) in [7, 11) is 0. The number of anilines is 1. The number of carbonyl (C=O) groups is 2. The molecule has 53 heavy (non-hydrogen) atoms. The molecule has 3 N–H and O–H groups in total. The normalized spacial score (nSPS) is 22.9. The average Bonchev–Trinajstić information content (AvgIpc) is 3.41. The number of carbonyl (C=O) groups excluding carboxylic acids is 2. The largest absolute Gasteiger partial charge is 0.444 e. The fourth-order valence-corrected chi connectivity index (χ4v) is 7.61. The van der Waals surface area contributed by atoms with Crippen LogP contribution in [0, 0.1) is 30.6 Å². The van der Waals surface area contributed by atoms with Crippen molar-refractivity contribution >= 4 is 28.5 Å². The summed E-state index contributed by atoms with van der Waals surface area (Å²) in [6.07, 6.45) is 1.23. The molecule has 2 amide bonds. The van der Waals surface area contributed by atoms with Gasteiger partial charge in [0.05, 0.1) is 25.0 Å². The van der Waals surface area contributed by atoms with Gasteiger partial charge in [-0.3, -0.25) is 9.69 Å². The van der Waals surface area contributed by atoms with Crippen LogP contribution in [0.5, 0.6) is 0 Å². The molecule has 11 heteroatoms. The molecular weight excluding hydrogens is 679 g/mol. The summed E-state index contributed by atoms with van der Waals surface area (Å²) in [4.78, 5) is 29.4. The van der Waals surface area contributed by atoms with Gasteiger partial charge in [-0.25, -0.2) is 18.0 Å². The number of nitrogens with zero attached hydrogens (tertiary/aromatic N) is 2. The molecule has 0 unspecified atom stereocenters. The summed E-state index contributed by atoms with van der Waals surface area (Å²) >= 11 is 0. The highest BCUT2D eigenvalue weighted by Gasteiger charge is 2.50. The maximum absolute atomic E-state index is 15.3. The quantitative estimate of drug-likeness (QED) is 0.221. The number of fused-ring (bicyclic) bond motifs is 1. The lowest BCUT2D eigenvalue weighted by molar-refractivity contribution is -0.00635. The summed E-state index contributed by atoms with van der Waals surface area (Å²) in [5.41, 5.74) is 2.29. The van der Waals surface area contributed by atoms with Crippen molar-refractivity contribution in [1.82, 2.24) is 20.4 Å². The first-order valence-corrected chi connectivity index (χ1v) is 18.8. The molecule has 3 aromatic carbocycles. The second kappa shape index (κ2) is 16.0. The number of amides is 2. The van der Waals surface area contributed by atoms with Crippen molar-refractivity contribution in [3.05, 3.63) is 76.9 Å². The van der Waals surface area contributed by atoms with Gasteiger partial charge in [0.25, 0.3) is 11.8 Å². The number of alkyl halides is 3. The van der Waals surface area contributed by atoms with Crippen molar-refractivity contribution in [3.8, 4) is 11.8 Å². The lowest BCUT2D eigenvalue weighted by Gasteiger charge is -2.35. The highest BCUT2D eigenvalue weighted by Crippen LogP contribution is 2.33. The molecule has 3 aromatic rings. The molecular formula is C42H52F3N5O3. The van der Waals surface area contributed by atoms with Crippen LogP contribution in [-0.2, 0) is 4.74 Å². The zero-order valence-electron chi connectivity index (χ0n) is 31.4. The zero-order chi connectivity index (χ0) is 37.9. The first-order valence-electron chi connectivity index (χ1n) is 18.8. The zero-order valence-corrected chi connectivity index (χ0v) is 31.4. The molecule has 0 bridgehead atoms. The summed E-state index contributed by atoms with van der Waals surface area (Å²) in [5.74, 6) is 3.32. The standard InChI is InChI=1S/C42H52F3N5O3/c1-27-10-14-32(48-38-25-50(26-42(38,44)45)40(52)53-41(3,4)5)22-36(27)39(51)47-28(2)33-15-13-30(34-8-6-7-9-35(33)34)11-12-31-18-21-49(24-37(31)43)23-29-16-19-46-20-17-29/h6-10,13-15,22,28-29,31,37-38,46,48H,16-21,23-26H2,1-5H3,(H,47,51)/t28-,31-,37+,38-/m1/s1. The van der Waals surface area contributed by atoms with Crippen molar-refractivity contribution < 1.29 is 27.5 Å². The molecule has 3 fully saturated rings. The van der Waals surface area contributed by atoms with E-state index in [4.69, 9.17) is 4.74 Å². The number of piperidine rings is 2. The molecule has 284 valence electrons. The number of aryl methyl sites for hydroxylation is 1. The average molecular weight is 732 g/mol. The van der Waals surface area contributed by atoms with Crippen LogP contribution in [0.2, 0.25) is 0 Å². The Balaban J connectivity index is 1.11. The van der Waals surface area contributed by atoms with Crippen molar-refractivity contribution in [1.29, 1.82) is 0 Å². The minimum absolute atomic E-state index is 0.242. The van der Waals surface area contributed by atoms with Gasteiger partial charge >= 0.3 is 6.09 Å². The summed E-state index contributed by atoms with van der Waals surface area (Å²) < 4.78 is 50.7. The van der Waals surface area contributed by atoms with Crippen molar-refractivity contribution in [2.75, 3.05) is 51.1 Å². The highest BCUT2D eigenvalue weighted by molar-refractivity contribution is 5.97. The molecule has 0 spiro atoms. The predicted molar refractivity (Wildman–Crippen MR) is 203 cm³/mol. The Morgan fingerprint density at radius 2 is 1.77 bits per heavy atom. The Hall–Kier alpha value is -4.27. The van der Waals surface area contributed by atoms with Gasteiger partial charge in [-0.1, -0.05) is 48.2 Å². The molecule has 0 radical (unpaired) electrons. The monoisotopic (exact) mass is 731 g/mol. The lowest BCUT2D eigenvalue weighted by Crippen LogP contribution is -2.45. The van der Waals surface area contributed by atoms with Gasteiger partial charge in [0.1, 0.15) is 17.8 Å². The summed E-state index contributed by atoms with van der Waals surface area (Å²) in [6.45, 7) is 12.1. The second-order valence-corrected chi connectivity index (χ2v) is 15.9. The first-order chi connectivity index (χ1) is 25.2. The van der Waals surface area contributed by atoms with E-state index in [2.05, 4.69) is 32.7 Å². The maximum Gasteiger partial charge on any atom is 0.410 e. The summed E-state index contributed by atoms with van der Waals surface area (Å²) in [6, 6.07) is 14.9. The van der Waals surface area contributed by atoms with Crippen molar-refractivity contribution in [2.24, 2.45) is 11.8 Å². The van der Waals surface area contributed by atoms with Gasteiger partial charge < -0.3 is 25.6 Å². The third-order valence-corrected chi connectivity index (χ3v) is 10.6. The van der Waals surface area contributed by atoms with Gasteiger partial charge in [-0.2, -0.15) is 0 Å². The fourth-order valence-electron chi connectivity index (χ4n) is 7.61. The van der Waals surface area contributed by atoms with E-state index in [-0.39, 0.29) is 18.4 Å². The number of likely N-dealkylation sites (tertiary alicyclic amines) is 2. The molecule has 3 aliphatic heterocycles. The number of rotatable bonds is 7. The van der Waals surface area contributed by atoms with E-state index in [1.807, 2.05) is 43.3 Å². The first kappa shape index (κ1) is 38.5.